The minimum absolute atomic E-state index is 0.182. The molecule has 0 spiro atoms. The maximum atomic E-state index is 13.6. The Labute approximate surface area is 101 Å². The van der Waals surface area contributed by atoms with Crippen molar-refractivity contribution in [2.24, 2.45) is 0 Å². The molecule has 1 aromatic carbocycles. The number of phenols is 1. The molecule has 17 heavy (non-hydrogen) atoms. The maximum absolute atomic E-state index is 13.6. The van der Waals surface area contributed by atoms with E-state index in [-0.39, 0.29) is 11.6 Å². The minimum atomic E-state index is -0.213. The zero-order chi connectivity index (χ0) is 12.3. The van der Waals surface area contributed by atoms with Gasteiger partial charge in [0.15, 0.2) is 0 Å². The quantitative estimate of drug-likeness (QED) is 0.833. The molecular weight excluding hydrogens is 219 g/mol. The van der Waals surface area contributed by atoms with Crippen LogP contribution in [0.3, 0.4) is 0 Å². The number of nitrogens with one attached hydrogen (secondary N) is 1. The van der Waals surface area contributed by atoms with Gasteiger partial charge in [0.05, 0.1) is 0 Å². The molecule has 1 fully saturated rings. The molecule has 1 aliphatic rings. The second kappa shape index (κ2) is 5.47. The number of aryl methyl sites for hydroxylation is 1. The predicted octanol–water partition coefficient (Wildman–Crippen LogP) is 1.29. The van der Waals surface area contributed by atoms with Gasteiger partial charge in [0.25, 0.3) is 0 Å². The van der Waals surface area contributed by atoms with Crippen LogP contribution in [0.5, 0.6) is 5.75 Å². The topological polar surface area (TPSA) is 35.5 Å². The lowest BCUT2D eigenvalue weighted by Gasteiger charge is -2.27. The number of rotatable bonds is 3. The molecule has 3 nitrogen and oxygen atoms in total. The molecule has 2 N–H and O–H groups in total. The number of halogens is 1. The molecule has 0 bridgehead atoms. The van der Waals surface area contributed by atoms with Crippen LogP contribution in [-0.4, -0.2) is 42.7 Å². The first-order chi connectivity index (χ1) is 8.16. The largest absolute Gasteiger partial charge is 0.508 e. The number of aromatic hydroxyl groups is 1. The third kappa shape index (κ3) is 3.17. The molecular formula is C13H19FN2O. The van der Waals surface area contributed by atoms with E-state index < -0.39 is 0 Å². The highest BCUT2D eigenvalue weighted by Gasteiger charge is 2.11. The molecule has 1 aromatic rings. The Balaban J connectivity index is 1.96. The van der Waals surface area contributed by atoms with Crippen molar-refractivity contribution in [3.63, 3.8) is 0 Å². The summed E-state index contributed by atoms with van der Waals surface area (Å²) >= 11 is 0. The SMILES string of the molecule is Cc1cc(F)c(CCN2CCNCC2)cc1O. The lowest BCUT2D eigenvalue weighted by atomic mass is 10.1. The summed E-state index contributed by atoms with van der Waals surface area (Å²) in [7, 11) is 0. The molecule has 1 saturated heterocycles. The van der Waals surface area contributed by atoms with Crippen LogP contribution in [0.1, 0.15) is 11.1 Å². The lowest BCUT2D eigenvalue weighted by Crippen LogP contribution is -2.44. The van der Waals surface area contributed by atoms with Crippen molar-refractivity contribution in [1.82, 2.24) is 10.2 Å². The van der Waals surface area contributed by atoms with Crippen molar-refractivity contribution in [1.29, 1.82) is 0 Å². The van der Waals surface area contributed by atoms with E-state index in [1.165, 1.54) is 6.07 Å². The van der Waals surface area contributed by atoms with E-state index in [0.717, 1.165) is 32.7 Å². The van der Waals surface area contributed by atoms with Crippen molar-refractivity contribution in [3.8, 4) is 5.75 Å². The van der Waals surface area contributed by atoms with Crippen LogP contribution in [0.25, 0.3) is 0 Å². The van der Waals surface area contributed by atoms with Gasteiger partial charge in [0.2, 0.25) is 0 Å². The molecule has 1 heterocycles. The lowest BCUT2D eigenvalue weighted by molar-refractivity contribution is 0.243. The molecule has 0 aromatic heterocycles. The summed E-state index contributed by atoms with van der Waals surface area (Å²) in [6, 6.07) is 2.95. The minimum Gasteiger partial charge on any atom is -0.508 e. The van der Waals surface area contributed by atoms with Crippen LogP contribution in [0.4, 0.5) is 4.39 Å². The van der Waals surface area contributed by atoms with E-state index >= 15 is 0 Å². The Hall–Kier alpha value is -1.13. The summed E-state index contributed by atoms with van der Waals surface area (Å²) in [6.45, 7) is 6.59. The zero-order valence-corrected chi connectivity index (χ0v) is 10.2. The number of benzene rings is 1. The second-order valence-corrected chi connectivity index (χ2v) is 4.57. The van der Waals surface area contributed by atoms with Gasteiger partial charge in [-0.05, 0) is 36.6 Å². The van der Waals surface area contributed by atoms with Crippen LogP contribution < -0.4 is 5.32 Å². The summed E-state index contributed by atoms with van der Waals surface area (Å²) in [5, 5.41) is 12.9. The van der Waals surface area contributed by atoms with Gasteiger partial charge in [-0.2, -0.15) is 0 Å². The first-order valence-corrected chi connectivity index (χ1v) is 6.08. The summed E-state index contributed by atoms with van der Waals surface area (Å²) in [5.74, 6) is -0.0304. The predicted molar refractivity (Wildman–Crippen MR) is 65.8 cm³/mol. The average Bonchev–Trinajstić information content (AvgIpc) is 2.33. The Morgan fingerprint density at radius 1 is 1.35 bits per heavy atom. The van der Waals surface area contributed by atoms with Crippen LogP contribution in [0, 0.1) is 12.7 Å². The van der Waals surface area contributed by atoms with E-state index in [1.807, 2.05) is 0 Å². The molecule has 1 aliphatic heterocycles. The normalized spacial score (nSPS) is 17.3. The van der Waals surface area contributed by atoms with Crippen LogP contribution in [0.2, 0.25) is 0 Å². The average molecular weight is 238 g/mol. The molecule has 0 radical (unpaired) electrons. The first kappa shape index (κ1) is 12.3. The summed E-state index contributed by atoms with van der Waals surface area (Å²) in [6.07, 6.45) is 0.652. The number of hydrogen-bond acceptors (Lipinski definition) is 3. The zero-order valence-electron chi connectivity index (χ0n) is 10.2. The molecule has 0 unspecified atom stereocenters. The number of hydrogen-bond donors (Lipinski definition) is 2. The maximum Gasteiger partial charge on any atom is 0.126 e. The highest BCUT2D eigenvalue weighted by atomic mass is 19.1. The number of piperazine rings is 1. The van der Waals surface area contributed by atoms with Gasteiger partial charge in [-0.25, -0.2) is 4.39 Å². The molecule has 4 heteroatoms. The monoisotopic (exact) mass is 238 g/mol. The second-order valence-electron chi connectivity index (χ2n) is 4.57. The van der Waals surface area contributed by atoms with Gasteiger partial charge in [0.1, 0.15) is 11.6 Å². The van der Waals surface area contributed by atoms with Gasteiger partial charge in [-0.15, -0.1) is 0 Å². The highest BCUT2D eigenvalue weighted by molar-refractivity contribution is 5.36. The van der Waals surface area contributed by atoms with Crippen LogP contribution in [0.15, 0.2) is 12.1 Å². The van der Waals surface area contributed by atoms with Gasteiger partial charge in [-0.3, -0.25) is 0 Å². The fourth-order valence-electron chi connectivity index (χ4n) is 2.11. The Bertz CT molecular complexity index is 389. The molecule has 0 atom stereocenters. The first-order valence-electron chi connectivity index (χ1n) is 6.08. The third-order valence-corrected chi connectivity index (χ3v) is 3.27. The van der Waals surface area contributed by atoms with E-state index in [4.69, 9.17) is 0 Å². The number of phenolic OH excluding ortho intramolecular Hbond substituents is 1. The van der Waals surface area contributed by atoms with E-state index in [2.05, 4.69) is 10.2 Å². The molecule has 0 amide bonds. The van der Waals surface area contributed by atoms with Crippen molar-refractivity contribution in [2.75, 3.05) is 32.7 Å². The molecule has 2 rings (SSSR count). The molecule has 0 aliphatic carbocycles. The summed E-state index contributed by atoms with van der Waals surface area (Å²) in [5.41, 5.74) is 1.19. The Kier molecular flexibility index (Phi) is 3.97. The highest BCUT2D eigenvalue weighted by Crippen LogP contribution is 2.21. The smallest absolute Gasteiger partial charge is 0.126 e. The van der Waals surface area contributed by atoms with Crippen LogP contribution in [-0.2, 0) is 6.42 Å². The van der Waals surface area contributed by atoms with E-state index in [0.29, 0.717) is 17.5 Å². The van der Waals surface area contributed by atoms with Gasteiger partial charge < -0.3 is 15.3 Å². The number of nitrogens with zero attached hydrogens (tertiary/aromatic N) is 1. The van der Waals surface area contributed by atoms with Gasteiger partial charge >= 0.3 is 0 Å². The van der Waals surface area contributed by atoms with Gasteiger partial charge in [-0.1, -0.05) is 0 Å². The van der Waals surface area contributed by atoms with E-state index in [9.17, 15) is 9.50 Å². The third-order valence-electron chi connectivity index (χ3n) is 3.27. The van der Waals surface area contributed by atoms with Crippen molar-refractivity contribution < 1.29 is 9.50 Å². The van der Waals surface area contributed by atoms with Crippen molar-refractivity contribution in [3.05, 3.63) is 29.1 Å². The van der Waals surface area contributed by atoms with Crippen molar-refractivity contribution >= 4 is 0 Å². The van der Waals surface area contributed by atoms with Crippen LogP contribution >= 0.6 is 0 Å². The summed E-state index contributed by atoms with van der Waals surface area (Å²) in [4.78, 5) is 2.31. The molecule has 94 valence electrons. The molecule has 0 saturated carbocycles. The standard InChI is InChI=1S/C13H19FN2O/c1-10-8-12(14)11(9-13(10)17)2-5-16-6-3-15-4-7-16/h8-9,15,17H,2-7H2,1H3. The Morgan fingerprint density at radius 2 is 2.06 bits per heavy atom. The van der Waals surface area contributed by atoms with Crippen molar-refractivity contribution in [2.45, 2.75) is 13.3 Å². The van der Waals surface area contributed by atoms with Gasteiger partial charge in [0, 0.05) is 32.7 Å². The van der Waals surface area contributed by atoms with E-state index in [1.54, 1.807) is 13.0 Å². The fourth-order valence-corrected chi connectivity index (χ4v) is 2.11. The Morgan fingerprint density at radius 3 is 2.76 bits per heavy atom. The fraction of sp³-hybridized carbons (Fsp3) is 0.538. The summed E-state index contributed by atoms with van der Waals surface area (Å²) < 4.78 is 13.6.